The van der Waals surface area contributed by atoms with Crippen LogP contribution in [0.3, 0.4) is 0 Å². The normalized spacial score (nSPS) is 12.8. The molecular weight excluding hydrogens is 236 g/mol. The summed E-state index contributed by atoms with van der Waals surface area (Å²) in [7, 11) is 0. The van der Waals surface area contributed by atoms with Crippen molar-refractivity contribution >= 4 is 17.7 Å². The molecule has 0 saturated heterocycles. The lowest BCUT2D eigenvalue weighted by Crippen LogP contribution is -2.36. The molecule has 0 heterocycles. The highest BCUT2D eigenvalue weighted by molar-refractivity contribution is 5.92. The van der Waals surface area contributed by atoms with Crippen molar-refractivity contribution in [3.8, 4) is 0 Å². The third-order valence-electron chi connectivity index (χ3n) is 3.46. The predicted octanol–water partition coefficient (Wildman–Crippen LogP) is 3.22. The van der Waals surface area contributed by atoms with Crippen molar-refractivity contribution in [2.45, 2.75) is 39.7 Å². The van der Waals surface area contributed by atoms with Crippen LogP contribution in [-0.4, -0.2) is 11.9 Å². The molecule has 0 aromatic heterocycles. The SMILES string of the molecule is CCC(CC)C(C)NC(=O)/C=C/c1cccc(N)c1. The average molecular weight is 260 g/mol. The summed E-state index contributed by atoms with van der Waals surface area (Å²) < 4.78 is 0. The molecule has 0 bridgehead atoms. The van der Waals surface area contributed by atoms with Crippen molar-refractivity contribution in [2.75, 3.05) is 5.73 Å². The van der Waals surface area contributed by atoms with Crippen LogP contribution in [0.5, 0.6) is 0 Å². The number of carbonyl (C=O) groups excluding carboxylic acids is 1. The summed E-state index contributed by atoms with van der Waals surface area (Å²) in [5.41, 5.74) is 7.32. The third-order valence-corrected chi connectivity index (χ3v) is 3.46. The van der Waals surface area contributed by atoms with E-state index in [1.807, 2.05) is 24.3 Å². The van der Waals surface area contributed by atoms with Gasteiger partial charge in [0.2, 0.25) is 5.91 Å². The molecule has 0 radical (unpaired) electrons. The van der Waals surface area contributed by atoms with Gasteiger partial charge in [0.15, 0.2) is 0 Å². The predicted molar refractivity (Wildman–Crippen MR) is 81.6 cm³/mol. The van der Waals surface area contributed by atoms with Gasteiger partial charge >= 0.3 is 0 Å². The number of benzene rings is 1. The first-order valence-corrected chi connectivity index (χ1v) is 6.90. The van der Waals surface area contributed by atoms with Crippen LogP contribution in [-0.2, 0) is 4.79 Å². The smallest absolute Gasteiger partial charge is 0.244 e. The van der Waals surface area contributed by atoms with Crippen molar-refractivity contribution in [3.63, 3.8) is 0 Å². The highest BCUT2D eigenvalue weighted by atomic mass is 16.1. The fraction of sp³-hybridized carbons (Fsp3) is 0.438. The van der Waals surface area contributed by atoms with Crippen LogP contribution in [0.15, 0.2) is 30.3 Å². The van der Waals surface area contributed by atoms with Crippen molar-refractivity contribution in [3.05, 3.63) is 35.9 Å². The lowest BCUT2D eigenvalue weighted by atomic mass is 9.95. The molecule has 0 fully saturated rings. The van der Waals surface area contributed by atoms with E-state index < -0.39 is 0 Å². The van der Waals surface area contributed by atoms with E-state index in [4.69, 9.17) is 5.73 Å². The van der Waals surface area contributed by atoms with E-state index in [9.17, 15) is 4.79 Å². The molecule has 1 aromatic carbocycles. The minimum atomic E-state index is -0.0539. The minimum Gasteiger partial charge on any atom is -0.399 e. The van der Waals surface area contributed by atoms with Crippen LogP contribution >= 0.6 is 0 Å². The fourth-order valence-electron chi connectivity index (χ4n) is 2.22. The molecule has 3 N–H and O–H groups in total. The molecule has 1 aromatic rings. The molecule has 0 aliphatic carbocycles. The number of nitrogens with two attached hydrogens (primary N) is 1. The Balaban J connectivity index is 2.55. The van der Waals surface area contributed by atoms with Crippen LogP contribution in [0.4, 0.5) is 5.69 Å². The molecule has 1 atom stereocenters. The van der Waals surface area contributed by atoms with Crippen molar-refractivity contribution in [1.82, 2.24) is 5.32 Å². The van der Waals surface area contributed by atoms with Gasteiger partial charge in [0, 0.05) is 17.8 Å². The highest BCUT2D eigenvalue weighted by Crippen LogP contribution is 2.12. The van der Waals surface area contributed by atoms with Gasteiger partial charge < -0.3 is 11.1 Å². The Hall–Kier alpha value is -1.77. The average Bonchev–Trinajstić information content (AvgIpc) is 2.38. The number of anilines is 1. The molecule has 0 saturated carbocycles. The molecule has 1 rings (SSSR count). The topological polar surface area (TPSA) is 55.1 Å². The molecule has 1 amide bonds. The molecule has 3 nitrogen and oxygen atoms in total. The maximum Gasteiger partial charge on any atom is 0.244 e. The van der Waals surface area contributed by atoms with Crippen LogP contribution in [0.25, 0.3) is 6.08 Å². The summed E-state index contributed by atoms with van der Waals surface area (Å²) >= 11 is 0. The molecule has 0 aliphatic rings. The van der Waals surface area contributed by atoms with Crippen molar-refractivity contribution < 1.29 is 4.79 Å². The van der Waals surface area contributed by atoms with E-state index in [1.165, 1.54) is 0 Å². The van der Waals surface area contributed by atoms with E-state index in [-0.39, 0.29) is 11.9 Å². The van der Waals surface area contributed by atoms with Crippen molar-refractivity contribution in [1.29, 1.82) is 0 Å². The number of carbonyl (C=O) groups is 1. The number of rotatable bonds is 6. The van der Waals surface area contributed by atoms with Crippen LogP contribution in [0.1, 0.15) is 39.2 Å². The van der Waals surface area contributed by atoms with Gasteiger partial charge in [-0.25, -0.2) is 0 Å². The van der Waals surface area contributed by atoms with E-state index in [2.05, 4.69) is 26.1 Å². The zero-order valence-corrected chi connectivity index (χ0v) is 12.0. The number of amides is 1. The van der Waals surface area contributed by atoms with E-state index >= 15 is 0 Å². The molecule has 0 spiro atoms. The molecule has 19 heavy (non-hydrogen) atoms. The Morgan fingerprint density at radius 2 is 2.05 bits per heavy atom. The van der Waals surface area contributed by atoms with Gasteiger partial charge in [-0.3, -0.25) is 4.79 Å². The lowest BCUT2D eigenvalue weighted by Gasteiger charge is -2.21. The Labute approximate surface area is 115 Å². The van der Waals surface area contributed by atoms with E-state index in [0.717, 1.165) is 18.4 Å². The van der Waals surface area contributed by atoms with Crippen LogP contribution in [0.2, 0.25) is 0 Å². The first-order chi connectivity index (χ1) is 9.06. The zero-order valence-electron chi connectivity index (χ0n) is 12.0. The summed E-state index contributed by atoms with van der Waals surface area (Å²) in [6, 6.07) is 7.67. The van der Waals surface area contributed by atoms with Gasteiger partial charge in [-0.15, -0.1) is 0 Å². The number of nitrogens with one attached hydrogen (secondary N) is 1. The summed E-state index contributed by atoms with van der Waals surface area (Å²) in [5.74, 6) is 0.478. The Kier molecular flexibility index (Phi) is 6.13. The Bertz CT molecular complexity index is 436. The van der Waals surface area contributed by atoms with Crippen LogP contribution < -0.4 is 11.1 Å². The Morgan fingerprint density at radius 1 is 1.37 bits per heavy atom. The number of nitrogen functional groups attached to an aromatic ring is 1. The second kappa shape index (κ2) is 7.62. The summed E-state index contributed by atoms with van der Waals surface area (Å²) in [6.07, 6.45) is 5.51. The van der Waals surface area contributed by atoms with Gasteiger partial charge in [-0.1, -0.05) is 38.8 Å². The molecule has 3 heteroatoms. The second-order valence-electron chi connectivity index (χ2n) is 4.88. The minimum absolute atomic E-state index is 0.0539. The molecule has 0 aliphatic heterocycles. The van der Waals surface area contributed by atoms with Gasteiger partial charge in [-0.05, 0) is 36.6 Å². The fourth-order valence-corrected chi connectivity index (χ4v) is 2.22. The monoisotopic (exact) mass is 260 g/mol. The van der Waals surface area contributed by atoms with E-state index in [0.29, 0.717) is 11.6 Å². The number of hydrogen-bond donors (Lipinski definition) is 2. The van der Waals surface area contributed by atoms with Crippen molar-refractivity contribution in [2.24, 2.45) is 5.92 Å². The number of hydrogen-bond acceptors (Lipinski definition) is 2. The maximum atomic E-state index is 11.8. The van der Waals surface area contributed by atoms with Gasteiger partial charge in [0.05, 0.1) is 0 Å². The van der Waals surface area contributed by atoms with Crippen LogP contribution in [0, 0.1) is 5.92 Å². The first kappa shape index (κ1) is 15.3. The largest absolute Gasteiger partial charge is 0.399 e. The zero-order chi connectivity index (χ0) is 14.3. The second-order valence-corrected chi connectivity index (χ2v) is 4.88. The van der Waals surface area contributed by atoms with Gasteiger partial charge in [0.1, 0.15) is 0 Å². The molecule has 1 unspecified atom stereocenters. The summed E-state index contributed by atoms with van der Waals surface area (Å²) in [6.45, 7) is 6.36. The lowest BCUT2D eigenvalue weighted by molar-refractivity contribution is -0.117. The summed E-state index contributed by atoms with van der Waals surface area (Å²) in [5, 5.41) is 3.01. The standard InChI is InChI=1S/C16H24N2O/c1-4-14(5-2)12(3)18-16(19)10-9-13-7-6-8-15(17)11-13/h6-12,14H,4-5,17H2,1-3H3,(H,18,19)/b10-9+. The Morgan fingerprint density at radius 3 is 2.63 bits per heavy atom. The highest BCUT2D eigenvalue weighted by Gasteiger charge is 2.14. The quantitative estimate of drug-likeness (QED) is 0.609. The summed E-state index contributed by atoms with van der Waals surface area (Å²) in [4.78, 5) is 11.8. The molecular formula is C16H24N2O. The van der Waals surface area contributed by atoms with E-state index in [1.54, 1.807) is 12.2 Å². The van der Waals surface area contributed by atoms with Gasteiger partial charge in [0.25, 0.3) is 0 Å². The van der Waals surface area contributed by atoms with Gasteiger partial charge in [-0.2, -0.15) is 0 Å². The third kappa shape index (κ3) is 5.16. The molecule has 104 valence electrons. The maximum absolute atomic E-state index is 11.8. The first-order valence-electron chi connectivity index (χ1n) is 6.90.